The maximum absolute atomic E-state index is 11.3. The second kappa shape index (κ2) is 8.84. The molecule has 0 aliphatic heterocycles. The first-order chi connectivity index (χ1) is 7.97. The van der Waals surface area contributed by atoms with Crippen molar-refractivity contribution in [3.63, 3.8) is 0 Å². The van der Waals surface area contributed by atoms with Crippen molar-refractivity contribution in [1.29, 1.82) is 0 Å². The Morgan fingerprint density at radius 3 is 2.35 bits per heavy atom. The van der Waals surface area contributed by atoms with Crippen LogP contribution in [0.25, 0.3) is 0 Å². The lowest BCUT2D eigenvalue weighted by Crippen LogP contribution is -2.40. The lowest BCUT2D eigenvalue weighted by atomic mass is 9.97. The van der Waals surface area contributed by atoms with Crippen molar-refractivity contribution in [3.05, 3.63) is 0 Å². The molecule has 0 aromatic rings. The summed E-state index contributed by atoms with van der Waals surface area (Å²) >= 11 is 0. The van der Waals surface area contributed by atoms with E-state index in [2.05, 4.69) is 10.6 Å². The summed E-state index contributed by atoms with van der Waals surface area (Å²) in [6.07, 6.45) is 2.53. The molecule has 0 aromatic carbocycles. The number of urea groups is 1. The normalized spacial score (nSPS) is 12.2. The predicted molar refractivity (Wildman–Crippen MR) is 66.9 cm³/mol. The fourth-order valence-electron chi connectivity index (χ4n) is 1.50. The molecule has 1 unspecified atom stereocenters. The molecule has 0 radical (unpaired) electrons. The summed E-state index contributed by atoms with van der Waals surface area (Å²) in [6.45, 7) is 6.80. The van der Waals surface area contributed by atoms with Crippen LogP contribution in [0, 0.1) is 11.8 Å². The second-order valence-electron chi connectivity index (χ2n) is 4.66. The van der Waals surface area contributed by atoms with Gasteiger partial charge in [0.2, 0.25) is 0 Å². The highest BCUT2D eigenvalue weighted by molar-refractivity contribution is 5.75. The third-order valence-corrected chi connectivity index (χ3v) is 2.43. The van der Waals surface area contributed by atoms with Gasteiger partial charge in [-0.25, -0.2) is 4.79 Å². The average molecular weight is 244 g/mol. The Kier molecular flexibility index (Phi) is 8.19. The van der Waals surface area contributed by atoms with Crippen LogP contribution in [0.3, 0.4) is 0 Å². The summed E-state index contributed by atoms with van der Waals surface area (Å²) in [6, 6.07) is -0.284. The summed E-state index contributed by atoms with van der Waals surface area (Å²) in [5, 5.41) is 14.3. The standard InChI is InChI=1S/C12H24N2O3/c1-4-5-6-13-12(17)14-8-10(11(15)16)7-9(2)3/h9-10H,4-8H2,1-3H3,(H,15,16)(H2,13,14,17). The van der Waals surface area contributed by atoms with Gasteiger partial charge in [-0.2, -0.15) is 0 Å². The molecule has 0 rings (SSSR count). The molecular weight excluding hydrogens is 220 g/mol. The van der Waals surface area contributed by atoms with Crippen molar-refractivity contribution in [3.8, 4) is 0 Å². The van der Waals surface area contributed by atoms with Gasteiger partial charge in [-0.15, -0.1) is 0 Å². The van der Waals surface area contributed by atoms with Gasteiger partial charge < -0.3 is 15.7 Å². The van der Waals surface area contributed by atoms with E-state index in [4.69, 9.17) is 5.11 Å². The molecule has 0 bridgehead atoms. The Labute approximate surface area is 103 Å². The average Bonchev–Trinajstić information content (AvgIpc) is 2.23. The van der Waals surface area contributed by atoms with Crippen molar-refractivity contribution in [2.75, 3.05) is 13.1 Å². The Morgan fingerprint density at radius 2 is 1.88 bits per heavy atom. The number of aliphatic carboxylic acids is 1. The van der Waals surface area contributed by atoms with E-state index in [9.17, 15) is 9.59 Å². The van der Waals surface area contributed by atoms with Crippen molar-refractivity contribution in [2.24, 2.45) is 11.8 Å². The lowest BCUT2D eigenvalue weighted by molar-refractivity contribution is -0.142. The molecular formula is C12H24N2O3. The molecule has 0 spiro atoms. The molecule has 0 aromatic heterocycles. The molecule has 5 heteroatoms. The molecule has 3 N–H and O–H groups in total. The summed E-state index contributed by atoms with van der Waals surface area (Å²) in [4.78, 5) is 22.3. The number of unbranched alkanes of at least 4 members (excludes halogenated alkanes) is 1. The van der Waals surface area contributed by atoms with E-state index in [0.717, 1.165) is 12.8 Å². The highest BCUT2D eigenvalue weighted by atomic mass is 16.4. The molecule has 5 nitrogen and oxygen atoms in total. The van der Waals surface area contributed by atoms with Crippen LogP contribution >= 0.6 is 0 Å². The molecule has 0 aliphatic carbocycles. The van der Waals surface area contributed by atoms with Crippen LogP contribution in [0.5, 0.6) is 0 Å². The third-order valence-electron chi connectivity index (χ3n) is 2.43. The van der Waals surface area contributed by atoms with E-state index in [1.165, 1.54) is 0 Å². The smallest absolute Gasteiger partial charge is 0.314 e. The van der Waals surface area contributed by atoms with E-state index in [1.807, 2.05) is 20.8 Å². The predicted octanol–water partition coefficient (Wildman–Crippen LogP) is 1.83. The van der Waals surface area contributed by atoms with Crippen molar-refractivity contribution >= 4 is 12.0 Å². The minimum Gasteiger partial charge on any atom is -0.481 e. The third kappa shape index (κ3) is 8.54. The zero-order valence-electron chi connectivity index (χ0n) is 11.0. The quantitative estimate of drug-likeness (QED) is 0.570. The van der Waals surface area contributed by atoms with Crippen LogP contribution < -0.4 is 10.6 Å². The maximum atomic E-state index is 11.3. The van der Waals surface area contributed by atoms with Crippen LogP contribution in [-0.4, -0.2) is 30.2 Å². The number of rotatable bonds is 8. The van der Waals surface area contributed by atoms with E-state index < -0.39 is 11.9 Å². The Hall–Kier alpha value is -1.26. The van der Waals surface area contributed by atoms with Crippen LogP contribution in [0.2, 0.25) is 0 Å². The van der Waals surface area contributed by atoms with Crippen LogP contribution in [-0.2, 0) is 4.79 Å². The van der Waals surface area contributed by atoms with Gasteiger partial charge in [0.25, 0.3) is 0 Å². The number of carboxylic acids is 1. The summed E-state index contributed by atoms with van der Waals surface area (Å²) < 4.78 is 0. The van der Waals surface area contributed by atoms with Gasteiger partial charge in [0, 0.05) is 13.1 Å². The number of carbonyl (C=O) groups excluding carboxylic acids is 1. The minimum absolute atomic E-state index is 0.186. The minimum atomic E-state index is -0.854. The number of hydrogen-bond donors (Lipinski definition) is 3. The van der Waals surface area contributed by atoms with Crippen LogP contribution in [0.15, 0.2) is 0 Å². The molecule has 100 valence electrons. The van der Waals surface area contributed by atoms with Crippen LogP contribution in [0.1, 0.15) is 40.0 Å². The summed E-state index contributed by atoms with van der Waals surface area (Å²) in [5.41, 5.74) is 0. The summed E-state index contributed by atoms with van der Waals surface area (Å²) in [7, 11) is 0. The SMILES string of the molecule is CCCCNC(=O)NCC(CC(C)C)C(=O)O. The number of nitrogens with one attached hydrogen (secondary N) is 2. The molecule has 0 heterocycles. The maximum Gasteiger partial charge on any atom is 0.314 e. The van der Waals surface area contributed by atoms with Gasteiger partial charge in [0.1, 0.15) is 0 Å². The number of carboxylic acid groups (broad SMARTS) is 1. The van der Waals surface area contributed by atoms with E-state index in [-0.39, 0.29) is 12.6 Å². The molecule has 1 atom stereocenters. The van der Waals surface area contributed by atoms with Gasteiger partial charge in [0.05, 0.1) is 5.92 Å². The van der Waals surface area contributed by atoms with Gasteiger partial charge in [-0.3, -0.25) is 4.79 Å². The first kappa shape index (κ1) is 15.7. The van der Waals surface area contributed by atoms with Crippen molar-refractivity contribution < 1.29 is 14.7 Å². The van der Waals surface area contributed by atoms with Gasteiger partial charge in [0.15, 0.2) is 0 Å². The topological polar surface area (TPSA) is 78.4 Å². The molecule has 17 heavy (non-hydrogen) atoms. The molecule has 0 saturated carbocycles. The fraction of sp³-hybridized carbons (Fsp3) is 0.833. The first-order valence-electron chi connectivity index (χ1n) is 6.21. The van der Waals surface area contributed by atoms with Gasteiger partial charge in [-0.05, 0) is 18.8 Å². The van der Waals surface area contributed by atoms with E-state index >= 15 is 0 Å². The van der Waals surface area contributed by atoms with E-state index in [1.54, 1.807) is 0 Å². The number of amides is 2. The van der Waals surface area contributed by atoms with Gasteiger partial charge in [-0.1, -0.05) is 27.2 Å². The van der Waals surface area contributed by atoms with Gasteiger partial charge >= 0.3 is 12.0 Å². The first-order valence-corrected chi connectivity index (χ1v) is 6.21. The Morgan fingerprint density at radius 1 is 1.24 bits per heavy atom. The largest absolute Gasteiger partial charge is 0.481 e. The Bertz CT molecular complexity index is 242. The zero-order chi connectivity index (χ0) is 13.3. The highest BCUT2D eigenvalue weighted by Gasteiger charge is 2.19. The second-order valence-corrected chi connectivity index (χ2v) is 4.66. The molecule has 0 fully saturated rings. The molecule has 0 aliphatic rings. The zero-order valence-corrected chi connectivity index (χ0v) is 11.0. The molecule has 2 amide bonds. The van der Waals surface area contributed by atoms with E-state index in [0.29, 0.717) is 18.9 Å². The highest BCUT2D eigenvalue weighted by Crippen LogP contribution is 2.10. The van der Waals surface area contributed by atoms with Crippen molar-refractivity contribution in [1.82, 2.24) is 10.6 Å². The molecule has 0 saturated heterocycles. The number of carbonyl (C=O) groups is 2. The monoisotopic (exact) mass is 244 g/mol. The number of hydrogen-bond acceptors (Lipinski definition) is 2. The summed E-state index contributed by atoms with van der Waals surface area (Å²) in [5.74, 6) is -1.06. The Balaban J connectivity index is 3.87. The lowest BCUT2D eigenvalue weighted by Gasteiger charge is -2.15. The van der Waals surface area contributed by atoms with Crippen LogP contribution in [0.4, 0.5) is 4.79 Å². The van der Waals surface area contributed by atoms with Crippen molar-refractivity contribution in [2.45, 2.75) is 40.0 Å². The fourth-order valence-corrected chi connectivity index (χ4v) is 1.50.